The van der Waals surface area contributed by atoms with E-state index in [4.69, 9.17) is 4.74 Å². The predicted octanol–water partition coefficient (Wildman–Crippen LogP) is 1.11. The van der Waals surface area contributed by atoms with Gasteiger partial charge in [-0.25, -0.2) is 8.42 Å². The minimum atomic E-state index is -3.39. The molecule has 0 aromatic rings. The number of nitrogens with one attached hydrogen (secondary N) is 1. The lowest BCUT2D eigenvalue weighted by Crippen LogP contribution is -2.36. The first-order chi connectivity index (χ1) is 11.0. The van der Waals surface area contributed by atoms with Crippen LogP contribution in [0.1, 0.15) is 47.0 Å². The second-order valence-electron chi connectivity index (χ2n) is 6.72. The average molecular weight is 365 g/mol. The molecule has 0 radical (unpaired) electrons. The van der Waals surface area contributed by atoms with Crippen molar-refractivity contribution in [1.29, 1.82) is 0 Å². The molecule has 0 aromatic heterocycles. The second-order valence-corrected chi connectivity index (χ2v) is 8.90. The van der Waals surface area contributed by atoms with Crippen LogP contribution < -0.4 is 5.32 Å². The molecule has 0 amide bonds. The molecule has 0 aromatic carbocycles. The smallest absolute Gasteiger partial charge is 0.302 e. The molecule has 7 nitrogen and oxygen atoms in total. The number of sulfone groups is 1. The quantitative estimate of drug-likeness (QED) is 0.385. The summed E-state index contributed by atoms with van der Waals surface area (Å²) in [4.78, 5) is 22.3. The number of rotatable bonds is 13. The van der Waals surface area contributed by atoms with Crippen LogP contribution in [0.4, 0.5) is 0 Å². The van der Waals surface area contributed by atoms with Gasteiger partial charge in [0.25, 0.3) is 0 Å². The van der Waals surface area contributed by atoms with Crippen LogP contribution >= 0.6 is 0 Å². The molecule has 0 aliphatic carbocycles. The van der Waals surface area contributed by atoms with Gasteiger partial charge < -0.3 is 14.8 Å². The summed E-state index contributed by atoms with van der Waals surface area (Å²) in [6.45, 7) is 8.75. The molecule has 0 bridgehead atoms. The standard InChI is InChI=1S/C16H31NO6S/c1-14(18)23-11-10-22-9-6-12-24(20,21)13-15(19)7-5-8-17-16(2,3)4/h17H,5-13H2,1-4H3. The van der Waals surface area contributed by atoms with Crippen LogP contribution in [-0.2, 0) is 28.9 Å². The van der Waals surface area contributed by atoms with Gasteiger partial charge in [-0.3, -0.25) is 9.59 Å². The minimum Gasteiger partial charge on any atom is -0.463 e. The summed E-state index contributed by atoms with van der Waals surface area (Å²) < 4.78 is 33.5. The number of hydrogen-bond acceptors (Lipinski definition) is 7. The Morgan fingerprint density at radius 3 is 2.29 bits per heavy atom. The molecule has 0 aliphatic rings. The molecule has 0 heterocycles. The van der Waals surface area contributed by atoms with Gasteiger partial charge in [-0.1, -0.05) is 0 Å². The highest BCUT2D eigenvalue weighted by Crippen LogP contribution is 2.02. The number of Topliss-reactive ketones (excluding diaryl/α,β-unsaturated/α-hetero) is 1. The topological polar surface area (TPSA) is 98.8 Å². The molecule has 142 valence electrons. The Hall–Kier alpha value is -0.990. The fraction of sp³-hybridized carbons (Fsp3) is 0.875. The second kappa shape index (κ2) is 11.5. The van der Waals surface area contributed by atoms with Crippen LogP contribution in [0.2, 0.25) is 0 Å². The summed E-state index contributed by atoms with van der Waals surface area (Å²) in [5.74, 6) is -1.11. The zero-order valence-electron chi connectivity index (χ0n) is 15.2. The number of esters is 1. The molecule has 0 saturated carbocycles. The summed E-state index contributed by atoms with van der Waals surface area (Å²) in [5.41, 5.74) is -0.00934. The molecule has 0 spiro atoms. The van der Waals surface area contributed by atoms with Crippen molar-refractivity contribution in [3.05, 3.63) is 0 Å². The van der Waals surface area contributed by atoms with E-state index in [1.807, 2.05) is 20.8 Å². The Morgan fingerprint density at radius 2 is 1.71 bits per heavy atom. The number of ether oxygens (including phenoxy) is 2. The highest BCUT2D eigenvalue weighted by atomic mass is 32.2. The van der Waals surface area contributed by atoms with Gasteiger partial charge in [0.1, 0.15) is 18.1 Å². The van der Waals surface area contributed by atoms with Crippen LogP contribution in [-0.4, -0.2) is 63.6 Å². The van der Waals surface area contributed by atoms with E-state index in [-0.39, 0.29) is 49.3 Å². The number of ketones is 1. The SMILES string of the molecule is CC(=O)OCCOCCCS(=O)(=O)CC(=O)CCCNC(C)(C)C. The van der Waals surface area contributed by atoms with E-state index in [0.29, 0.717) is 19.4 Å². The van der Waals surface area contributed by atoms with Crippen molar-refractivity contribution in [1.82, 2.24) is 5.32 Å². The first-order valence-corrected chi connectivity index (χ1v) is 10.0. The first kappa shape index (κ1) is 23.0. The lowest BCUT2D eigenvalue weighted by Gasteiger charge is -2.20. The zero-order valence-corrected chi connectivity index (χ0v) is 16.0. The lowest BCUT2D eigenvalue weighted by molar-refractivity contribution is -0.142. The van der Waals surface area contributed by atoms with E-state index in [1.54, 1.807) is 0 Å². The Bertz CT molecular complexity index is 481. The highest BCUT2D eigenvalue weighted by molar-refractivity contribution is 7.92. The third-order valence-corrected chi connectivity index (χ3v) is 4.62. The van der Waals surface area contributed by atoms with Crippen LogP contribution in [0.3, 0.4) is 0 Å². The van der Waals surface area contributed by atoms with Crippen molar-refractivity contribution < 1.29 is 27.5 Å². The van der Waals surface area contributed by atoms with Gasteiger partial charge in [-0.2, -0.15) is 0 Å². The van der Waals surface area contributed by atoms with Crippen LogP contribution in [0.25, 0.3) is 0 Å². The molecule has 8 heteroatoms. The van der Waals surface area contributed by atoms with Gasteiger partial charge in [0.2, 0.25) is 0 Å². The molecule has 0 saturated heterocycles. The molecule has 0 rings (SSSR count). The number of hydrogen-bond donors (Lipinski definition) is 1. The van der Waals surface area contributed by atoms with Gasteiger partial charge in [0.05, 0.1) is 12.4 Å². The third-order valence-electron chi connectivity index (χ3n) is 2.95. The number of carbonyl (C=O) groups is 2. The monoisotopic (exact) mass is 365 g/mol. The summed E-state index contributed by atoms with van der Waals surface area (Å²) in [5, 5.41) is 3.26. The summed E-state index contributed by atoms with van der Waals surface area (Å²) in [7, 11) is -3.39. The fourth-order valence-electron chi connectivity index (χ4n) is 1.87. The van der Waals surface area contributed by atoms with Gasteiger partial charge in [-0.15, -0.1) is 0 Å². The molecule has 0 unspecified atom stereocenters. The maximum absolute atomic E-state index is 11.8. The minimum absolute atomic E-state index is 0.00934. The van der Waals surface area contributed by atoms with Crippen molar-refractivity contribution >= 4 is 21.6 Å². The summed E-state index contributed by atoms with van der Waals surface area (Å²) in [6.07, 6.45) is 1.22. The van der Waals surface area contributed by atoms with Crippen molar-refractivity contribution in [3.8, 4) is 0 Å². The molecule has 0 aliphatic heterocycles. The van der Waals surface area contributed by atoms with E-state index in [0.717, 1.165) is 0 Å². The molecule has 1 N–H and O–H groups in total. The van der Waals surface area contributed by atoms with Gasteiger partial charge >= 0.3 is 5.97 Å². The van der Waals surface area contributed by atoms with E-state index < -0.39 is 15.6 Å². The summed E-state index contributed by atoms with van der Waals surface area (Å²) >= 11 is 0. The van der Waals surface area contributed by atoms with Crippen LogP contribution in [0.15, 0.2) is 0 Å². The Balaban J connectivity index is 3.76. The fourth-order valence-corrected chi connectivity index (χ4v) is 3.20. The van der Waals surface area contributed by atoms with Crippen molar-refractivity contribution in [2.24, 2.45) is 0 Å². The molecular weight excluding hydrogens is 334 g/mol. The van der Waals surface area contributed by atoms with Gasteiger partial charge in [0.15, 0.2) is 9.84 Å². The maximum Gasteiger partial charge on any atom is 0.302 e. The maximum atomic E-state index is 11.8. The first-order valence-electron chi connectivity index (χ1n) is 8.20. The highest BCUT2D eigenvalue weighted by Gasteiger charge is 2.16. The molecular formula is C16H31NO6S. The van der Waals surface area contributed by atoms with Crippen molar-refractivity contribution in [3.63, 3.8) is 0 Å². The van der Waals surface area contributed by atoms with Crippen LogP contribution in [0.5, 0.6) is 0 Å². The molecule has 0 fully saturated rings. The van der Waals surface area contributed by atoms with Gasteiger partial charge in [-0.05, 0) is 40.2 Å². The molecule has 24 heavy (non-hydrogen) atoms. The van der Waals surface area contributed by atoms with Crippen molar-refractivity contribution in [2.45, 2.75) is 52.5 Å². The Morgan fingerprint density at radius 1 is 1.04 bits per heavy atom. The van der Waals surface area contributed by atoms with E-state index in [9.17, 15) is 18.0 Å². The average Bonchev–Trinajstić information content (AvgIpc) is 2.40. The number of carbonyl (C=O) groups excluding carboxylic acids is 2. The lowest BCUT2D eigenvalue weighted by atomic mass is 10.1. The molecule has 0 atom stereocenters. The Labute approximate surface area is 145 Å². The van der Waals surface area contributed by atoms with Crippen molar-refractivity contribution in [2.75, 3.05) is 37.9 Å². The van der Waals surface area contributed by atoms with E-state index in [1.165, 1.54) is 6.92 Å². The Kier molecular flexibility index (Phi) is 11.1. The van der Waals surface area contributed by atoms with Gasteiger partial charge in [0, 0.05) is 25.5 Å². The largest absolute Gasteiger partial charge is 0.463 e. The van der Waals surface area contributed by atoms with E-state index >= 15 is 0 Å². The normalized spacial score (nSPS) is 12.2. The summed E-state index contributed by atoms with van der Waals surface area (Å²) in [6, 6.07) is 0. The zero-order chi connectivity index (χ0) is 18.6. The third kappa shape index (κ3) is 15.9. The van der Waals surface area contributed by atoms with E-state index in [2.05, 4.69) is 10.1 Å². The predicted molar refractivity (Wildman–Crippen MR) is 92.7 cm³/mol. The van der Waals surface area contributed by atoms with Crippen LogP contribution in [0, 0.1) is 0 Å².